The van der Waals surface area contributed by atoms with Gasteiger partial charge in [-0.05, 0) is 34.5 Å². The molecule has 3 rings (SSSR count). The number of hydrogen-bond donors (Lipinski definition) is 0. The molecule has 128 valence electrons. The van der Waals surface area contributed by atoms with Gasteiger partial charge in [-0.15, -0.1) is 0 Å². The van der Waals surface area contributed by atoms with Crippen LogP contribution in [0.5, 0.6) is 0 Å². The molecule has 24 heavy (non-hydrogen) atoms. The van der Waals surface area contributed by atoms with Gasteiger partial charge in [0.05, 0.1) is 21.5 Å². The van der Waals surface area contributed by atoms with Crippen LogP contribution in [0.3, 0.4) is 0 Å². The van der Waals surface area contributed by atoms with Crippen molar-refractivity contribution >= 4 is 43.3 Å². The minimum atomic E-state index is -3.99. The molecule has 0 fully saturated rings. The molecule has 5 nitrogen and oxygen atoms in total. The van der Waals surface area contributed by atoms with E-state index in [1.54, 1.807) is 6.07 Å². The van der Waals surface area contributed by atoms with Crippen LogP contribution >= 0.6 is 15.9 Å². The smallest absolute Gasteiger partial charge is 0.268 e. The Labute approximate surface area is 148 Å². The topological polar surface area (TPSA) is 69.0 Å². The van der Waals surface area contributed by atoms with E-state index in [0.717, 1.165) is 10.0 Å². The normalized spacial score (nSPS) is 14.5. The summed E-state index contributed by atoms with van der Waals surface area (Å²) in [6.07, 6.45) is 6.21. The molecule has 1 aliphatic carbocycles. The molecule has 0 radical (unpaired) electrons. The number of aromatic nitrogens is 2. The van der Waals surface area contributed by atoms with E-state index in [-0.39, 0.29) is 27.9 Å². The van der Waals surface area contributed by atoms with Gasteiger partial charge in [-0.1, -0.05) is 19.9 Å². The Kier molecular flexibility index (Phi) is 5.71. The molecular weight excluding hydrogens is 399 g/mol. The number of pyridine rings is 1. The van der Waals surface area contributed by atoms with Crippen LogP contribution in [0.25, 0.3) is 11.0 Å². The summed E-state index contributed by atoms with van der Waals surface area (Å²) in [6, 6.07) is 1.55. The van der Waals surface area contributed by atoms with Gasteiger partial charge in [-0.3, -0.25) is 9.78 Å². The summed E-state index contributed by atoms with van der Waals surface area (Å²) < 4.78 is 40.4. The van der Waals surface area contributed by atoms with Gasteiger partial charge in [0.15, 0.2) is 6.29 Å². The van der Waals surface area contributed by atoms with Crippen molar-refractivity contribution in [2.45, 2.75) is 26.7 Å². The standard InChI is InChI=1S/C14H10BrFN2O3S.C2H6/c15-10-4-13-14(17-6-10)9(8-19)7-18(13)22(20,21)12-3-1-2-11(16)5-12;1-2/h3-8H,1-2H2;1-2H3. The number of hydrogen-bond acceptors (Lipinski definition) is 4. The highest BCUT2D eigenvalue weighted by Crippen LogP contribution is 2.28. The molecule has 0 aromatic carbocycles. The SMILES string of the molecule is CC.O=Cc1cn(S(=O)(=O)C2=CCCC(F)=C2)c2cc(Br)cnc12. The summed E-state index contributed by atoms with van der Waals surface area (Å²) >= 11 is 3.22. The van der Waals surface area contributed by atoms with Gasteiger partial charge in [0, 0.05) is 23.3 Å². The number of aldehydes is 1. The maximum Gasteiger partial charge on any atom is 0.268 e. The van der Waals surface area contributed by atoms with Crippen molar-refractivity contribution in [2.75, 3.05) is 0 Å². The fourth-order valence-electron chi connectivity index (χ4n) is 2.29. The Hall–Kier alpha value is -1.80. The molecule has 0 amide bonds. The fraction of sp³-hybridized carbons (Fsp3) is 0.250. The summed E-state index contributed by atoms with van der Waals surface area (Å²) in [5, 5.41) is 0. The Morgan fingerprint density at radius 3 is 2.71 bits per heavy atom. The third kappa shape index (κ3) is 3.34. The van der Waals surface area contributed by atoms with E-state index in [0.29, 0.717) is 17.2 Å². The van der Waals surface area contributed by atoms with Crippen molar-refractivity contribution in [1.82, 2.24) is 8.96 Å². The monoisotopic (exact) mass is 414 g/mol. The first-order valence-corrected chi connectivity index (χ1v) is 9.60. The molecule has 2 aromatic heterocycles. The molecule has 0 spiro atoms. The summed E-state index contributed by atoms with van der Waals surface area (Å²) in [5.74, 6) is -0.479. The third-order valence-electron chi connectivity index (χ3n) is 3.31. The maximum atomic E-state index is 13.4. The van der Waals surface area contributed by atoms with Crippen LogP contribution in [0.4, 0.5) is 4.39 Å². The average Bonchev–Trinajstić information content (AvgIpc) is 2.95. The number of carbonyl (C=O) groups excluding carboxylic acids is 1. The van der Waals surface area contributed by atoms with Crippen LogP contribution in [-0.2, 0) is 10.0 Å². The molecule has 0 bridgehead atoms. The molecule has 0 atom stereocenters. The lowest BCUT2D eigenvalue weighted by molar-refractivity contribution is 0.112. The van der Waals surface area contributed by atoms with E-state index in [9.17, 15) is 17.6 Å². The molecular formula is C16H16BrFN2O3S. The number of fused-ring (bicyclic) bond motifs is 1. The number of rotatable bonds is 3. The van der Waals surface area contributed by atoms with E-state index in [1.165, 1.54) is 18.5 Å². The predicted octanol–water partition coefficient (Wildman–Crippen LogP) is 4.35. The quantitative estimate of drug-likeness (QED) is 0.700. The summed E-state index contributed by atoms with van der Waals surface area (Å²) in [6.45, 7) is 4.00. The van der Waals surface area contributed by atoms with Gasteiger partial charge in [0.1, 0.15) is 5.83 Å². The second kappa shape index (κ2) is 7.40. The van der Waals surface area contributed by atoms with Gasteiger partial charge < -0.3 is 0 Å². The average molecular weight is 415 g/mol. The van der Waals surface area contributed by atoms with Crippen molar-refractivity contribution in [3.63, 3.8) is 0 Å². The van der Waals surface area contributed by atoms with Gasteiger partial charge in [0.25, 0.3) is 10.0 Å². The molecule has 8 heteroatoms. The van der Waals surface area contributed by atoms with Crippen LogP contribution in [-0.4, -0.2) is 23.7 Å². The number of nitrogens with zero attached hydrogens (tertiary/aromatic N) is 2. The first kappa shape index (κ1) is 18.5. The lowest BCUT2D eigenvalue weighted by Gasteiger charge is -2.11. The first-order chi connectivity index (χ1) is 11.4. The van der Waals surface area contributed by atoms with Crippen molar-refractivity contribution in [3.8, 4) is 0 Å². The zero-order valence-corrected chi connectivity index (χ0v) is 15.6. The molecule has 0 saturated carbocycles. The minimum Gasteiger partial charge on any atom is -0.298 e. The summed E-state index contributed by atoms with van der Waals surface area (Å²) in [4.78, 5) is 15.1. The predicted molar refractivity (Wildman–Crippen MR) is 95.0 cm³/mol. The molecule has 0 N–H and O–H groups in total. The van der Waals surface area contributed by atoms with Crippen molar-refractivity contribution < 1.29 is 17.6 Å². The van der Waals surface area contributed by atoms with E-state index >= 15 is 0 Å². The molecule has 0 saturated heterocycles. The second-order valence-corrected chi connectivity index (χ2v) is 7.49. The largest absolute Gasteiger partial charge is 0.298 e. The zero-order chi connectivity index (χ0) is 17.9. The molecule has 0 unspecified atom stereocenters. The highest BCUT2D eigenvalue weighted by Gasteiger charge is 2.24. The Bertz CT molecular complexity index is 946. The van der Waals surface area contributed by atoms with Crippen LogP contribution in [0.2, 0.25) is 0 Å². The van der Waals surface area contributed by atoms with Crippen LogP contribution in [0, 0.1) is 0 Å². The minimum absolute atomic E-state index is 0.120. The van der Waals surface area contributed by atoms with Gasteiger partial charge in [-0.25, -0.2) is 16.8 Å². The van der Waals surface area contributed by atoms with E-state index in [1.807, 2.05) is 13.8 Å². The lowest BCUT2D eigenvalue weighted by Crippen LogP contribution is -2.14. The first-order valence-electron chi connectivity index (χ1n) is 7.37. The van der Waals surface area contributed by atoms with Crippen molar-refractivity contribution in [3.05, 3.63) is 51.4 Å². The molecule has 1 aliphatic rings. The van der Waals surface area contributed by atoms with Gasteiger partial charge >= 0.3 is 0 Å². The molecule has 2 aromatic rings. The summed E-state index contributed by atoms with van der Waals surface area (Å²) in [7, 11) is -3.99. The third-order valence-corrected chi connectivity index (χ3v) is 5.45. The van der Waals surface area contributed by atoms with Gasteiger partial charge in [-0.2, -0.15) is 0 Å². The number of halogens is 2. The Morgan fingerprint density at radius 2 is 2.08 bits per heavy atom. The highest BCUT2D eigenvalue weighted by molar-refractivity contribution is 9.10. The van der Waals surface area contributed by atoms with Gasteiger partial charge in [0.2, 0.25) is 0 Å². The van der Waals surface area contributed by atoms with E-state index < -0.39 is 15.9 Å². The summed E-state index contributed by atoms with van der Waals surface area (Å²) in [5.41, 5.74) is 0.700. The molecule has 0 aliphatic heterocycles. The zero-order valence-electron chi connectivity index (χ0n) is 13.2. The van der Waals surface area contributed by atoms with E-state index in [4.69, 9.17) is 0 Å². The number of allylic oxidation sites excluding steroid dienone is 3. The van der Waals surface area contributed by atoms with Crippen molar-refractivity contribution in [2.24, 2.45) is 0 Å². The van der Waals surface area contributed by atoms with Crippen LogP contribution in [0.15, 0.2) is 45.8 Å². The maximum absolute atomic E-state index is 13.4. The lowest BCUT2D eigenvalue weighted by atomic mass is 10.2. The number of carbonyl (C=O) groups is 1. The second-order valence-electron chi connectivity index (χ2n) is 4.76. The highest BCUT2D eigenvalue weighted by atomic mass is 79.9. The fourth-order valence-corrected chi connectivity index (χ4v) is 4.09. The Morgan fingerprint density at radius 1 is 1.38 bits per heavy atom. The van der Waals surface area contributed by atoms with Crippen LogP contribution in [0.1, 0.15) is 37.0 Å². The molecule has 2 heterocycles. The van der Waals surface area contributed by atoms with E-state index in [2.05, 4.69) is 20.9 Å². The van der Waals surface area contributed by atoms with Crippen molar-refractivity contribution in [1.29, 1.82) is 0 Å². The van der Waals surface area contributed by atoms with Crippen LogP contribution < -0.4 is 0 Å². The Balaban J connectivity index is 0.00000100.